The summed E-state index contributed by atoms with van der Waals surface area (Å²) in [6.07, 6.45) is 4.48. The number of hydrogen-bond acceptors (Lipinski definition) is 4. The minimum atomic E-state index is -0.300. The van der Waals surface area contributed by atoms with E-state index in [4.69, 9.17) is 4.42 Å². The normalized spacial score (nSPS) is 13.9. The molecule has 130 valence electrons. The van der Waals surface area contributed by atoms with Crippen molar-refractivity contribution in [2.75, 3.05) is 31.6 Å². The van der Waals surface area contributed by atoms with Gasteiger partial charge in [-0.3, -0.25) is 9.59 Å². The number of nitrogens with zero attached hydrogens (tertiary/aromatic N) is 1. The molecule has 6 heteroatoms. The average Bonchev–Trinajstić information content (AvgIpc) is 3.20. The van der Waals surface area contributed by atoms with Crippen LogP contribution >= 0.6 is 0 Å². The lowest BCUT2D eigenvalue weighted by Crippen LogP contribution is -2.32. The highest BCUT2D eigenvalue weighted by Gasteiger charge is 2.21. The van der Waals surface area contributed by atoms with Crippen molar-refractivity contribution in [1.82, 2.24) is 10.6 Å². The Balaban J connectivity index is 1.74. The van der Waals surface area contributed by atoms with E-state index in [1.807, 2.05) is 0 Å². The van der Waals surface area contributed by atoms with Crippen LogP contribution in [0, 0.1) is 0 Å². The van der Waals surface area contributed by atoms with Crippen LogP contribution in [0.25, 0.3) is 0 Å². The molecule has 3 rings (SSSR count). The first kappa shape index (κ1) is 17.0. The summed E-state index contributed by atoms with van der Waals surface area (Å²) in [6.45, 7) is 2.28. The van der Waals surface area contributed by atoms with Crippen molar-refractivity contribution in [2.45, 2.75) is 6.42 Å². The average molecular weight is 339 g/mol. The van der Waals surface area contributed by atoms with Crippen LogP contribution in [0.2, 0.25) is 0 Å². The summed E-state index contributed by atoms with van der Waals surface area (Å²) in [5.41, 5.74) is 2.21. The fourth-order valence-corrected chi connectivity index (χ4v) is 2.75. The second kappa shape index (κ2) is 7.81. The molecule has 0 unspecified atom stereocenters. The van der Waals surface area contributed by atoms with Crippen LogP contribution in [0.4, 0.5) is 5.69 Å². The molecule has 6 nitrogen and oxygen atoms in total. The number of para-hydroxylation sites is 1. The zero-order valence-electron chi connectivity index (χ0n) is 14.1. The van der Waals surface area contributed by atoms with Gasteiger partial charge in [0.1, 0.15) is 0 Å². The van der Waals surface area contributed by atoms with E-state index in [-0.39, 0.29) is 17.6 Å². The minimum Gasteiger partial charge on any atom is -0.459 e. The summed E-state index contributed by atoms with van der Waals surface area (Å²) in [5, 5.41) is 6.18. The maximum absolute atomic E-state index is 12.6. The van der Waals surface area contributed by atoms with E-state index >= 15 is 0 Å². The molecule has 0 atom stereocenters. The Hall–Kier alpha value is -2.86. The van der Waals surface area contributed by atoms with Crippen LogP contribution in [0.3, 0.4) is 0 Å². The van der Waals surface area contributed by atoms with Crippen molar-refractivity contribution >= 4 is 17.5 Å². The topological polar surface area (TPSA) is 74.6 Å². The van der Waals surface area contributed by atoms with Gasteiger partial charge in [0.2, 0.25) is 0 Å². The number of benzene rings is 1. The van der Waals surface area contributed by atoms with Crippen molar-refractivity contribution in [3.63, 3.8) is 0 Å². The zero-order valence-corrected chi connectivity index (χ0v) is 14.1. The van der Waals surface area contributed by atoms with E-state index in [0.29, 0.717) is 17.8 Å². The lowest BCUT2D eigenvalue weighted by molar-refractivity contribution is 0.0956. The molecule has 2 heterocycles. The Morgan fingerprint density at radius 3 is 2.80 bits per heavy atom. The van der Waals surface area contributed by atoms with Gasteiger partial charge in [-0.05, 0) is 37.2 Å². The lowest BCUT2D eigenvalue weighted by Gasteiger charge is -2.20. The number of carbonyl (C=O) groups excluding carboxylic acids is 2. The highest BCUT2D eigenvalue weighted by Crippen LogP contribution is 2.21. The van der Waals surface area contributed by atoms with Crippen LogP contribution in [-0.2, 0) is 0 Å². The Bertz CT molecular complexity index is 781. The summed E-state index contributed by atoms with van der Waals surface area (Å²) in [6, 6.07) is 10.3. The molecule has 1 aliphatic rings. The monoisotopic (exact) mass is 339 g/mol. The van der Waals surface area contributed by atoms with Crippen LogP contribution < -0.4 is 15.5 Å². The number of carbonyl (C=O) groups is 2. The van der Waals surface area contributed by atoms with Crippen LogP contribution in [-0.4, -0.2) is 38.5 Å². The fraction of sp³-hybridized carbons (Fsp3) is 0.263. The predicted molar refractivity (Wildman–Crippen MR) is 95.8 cm³/mol. The van der Waals surface area contributed by atoms with Crippen LogP contribution in [0.5, 0.6) is 0 Å². The number of hydrogen-bond donors (Lipinski definition) is 2. The first-order valence-corrected chi connectivity index (χ1v) is 8.24. The SMILES string of the molecule is CN(C(=O)c1ccco1)c1ccccc1C(=O)NCC1=CCNCC1. The molecule has 0 fully saturated rings. The molecule has 2 aromatic rings. The number of rotatable bonds is 5. The summed E-state index contributed by atoms with van der Waals surface area (Å²) in [5.74, 6) is -0.266. The number of furan rings is 1. The Labute approximate surface area is 146 Å². The Morgan fingerprint density at radius 1 is 1.24 bits per heavy atom. The smallest absolute Gasteiger partial charge is 0.293 e. The van der Waals surface area contributed by atoms with E-state index in [1.54, 1.807) is 43.4 Å². The fourth-order valence-electron chi connectivity index (χ4n) is 2.75. The van der Waals surface area contributed by atoms with E-state index in [9.17, 15) is 9.59 Å². The van der Waals surface area contributed by atoms with Gasteiger partial charge in [0, 0.05) is 20.1 Å². The Kier molecular flexibility index (Phi) is 5.30. The highest BCUT2D eigenvalue weighted by molar-refractivity contribution is 6.09. The van der Waals surface area contributed by atoms with E-state index in [1.165, 1.54) is 16.7 Å². The molecule has 0 radical (unpaired) electrons. The molecule has 0 aliphatic carbocycles. The molecule has 1 aliphatic heterocycles. The van der Waals surface area contributed by atoms with E-state index < -0.39 is 0 Å². The third kappa shape index (κ3) is 3.97. The second-order valence-corrected chi connectivity index (χ2v) is 5.86. The van der Waals surface area contributed by atoms with E-state index in [0.717, 1.165) is 19.5 Å². The number of nitrogens with one attached hydrogen (secondary N) is 2. The van der Waals surface area contributed by atoms with Gasteiger partial charge in [-0.15, -0.1) is 0 Å². The standard InChI is InChI=1S/C19H21N3O3/c1-22(19(24)17-7-4-12-25-17)16-6-3-2-5-15(16)18(23)21-13-14-8-10-20-11-9-14/h2-8,12,20H,9-11,13H2,1H3,(H,21,23). The van der Waals surface area contributed by atoms with Crippen LogP contribution in [0.1, 0.15) is 27.3 Å². The van der Waals surface area contributed by atoms with Crippen molar-refractivity contribution in [1.29, 1.82) is 0 Å². The Morgan fingerprint density at radius 2 is 2.08 bits per heavy atom. The molecule has 0 bridgehead atoms. The van der Waals surface area contributed by atoms with Crippen LogP contribution in [0.15, 0.2) is 58.7 Å². The van der Waals surface area contributed by atoms with Crippen molar-refractivity contribution in [3.8, 4) is 0 Å². The first-order chi connectivity index (χ1) is 12.2. The van der Waals surface area contributed by atoms with Gasteiger partial charge in [0.05, 0.1) is 17.5 Å². The number of amides is 2. The van der Waals surface area contributed by atoms with Gasteiger partial charge in [-0.25, -0.2) is 0 Å². The molecule has 0 spiro atoms. The summed E-state index contributed by atoms with van der Waals surface area (Å²) >= 11 is 0. The summed E-state index contributed by atoms with van der Waals surface area (Å²) in [7, 11) is 1.63. The molecule has 2 amide bonds. The molecule has 1 aromatic carbocycles. The van der Waals surface area contributed by atoms with Gasteiger partial charge in [0.15, 0.2) is 5.76 Å². The molecular weight excluding hydrogens is 318 g/mol. The third-order valence-electron chi connectivity index (χ3n) is 4.18. The molecule has 0 saturated carbocycles. The maximum atomic E-state index is 12.6. The zero-order chi connectivity index (χ0) is 17.6. The molecule has 1 aromatic heterocycles. The minimum absolute atomic E-state index is 0.200. The van der Waals surface area contributed by atoms with Crippen molar-refractivity contribution < 1.29 is 14.0 Å². The highest BCUT2D eigenvalue weighted by atomic mass is 16.3. The summed E-state index contributed by atoms with van der Waals surface area (Å²) in [4.78, 5) is 26.5. The molecule has 0 saturated heterocycles. The third-order valence-corrected chi connectivity index (χ3v) is 4.18. The van der Waals surface area contributed by atoms with Gasteiger partial charge in [-0.2, -0.15) is 0 Å². The van der Waals surface area contributed by atoms with Gasteiger partial charge >= 0.3 is 0 Å². The maximum Gasteiger partial charge on any atom is 0.293 e. The first-order valence-electron chi connectivity index (χ1n) is 8.24. The molecule has 25 heavy (non-hydrogen) atoms. The number of anilines is 1. The summed E-state index contributed by atoms with van der Waals surface area (Å²) < 4.78 is 5.16. The van der Waals surface area contributed by atoms with Gasteiger partial charge in [0.25, 0.3) is 11.8 Å². The van der Waals surface area contributed by atoms with Gasteiger partial charge < -0.3 is 20.0 Å². The van der Waals surface area contributed by atoms with E-state index in [2.05, 4.69) is 16.7 Å². The molecular formula is C19H21N3O3. The second-order valence-electron chi connectivity index (χ2n) is 5.86. The van der Waals surface area contributed by atoms with Gasteiger partial charge in [-0.1, -0.05) is 23.8 Å². The largest absolute Gasteiger partial charge is 0.459 e. The lowest BCUT2D eigenvalue weighted by atomic mass is 10.1. The van der Waals surface area contributed by atoms with Crippen molar-refractivity contribution in [2.24, 2.45) is 0 Å². The molecule has 2 N–H and O–H groups in total. The quantitative estimate of drug-likeness (QED) is 0.819. The predicted octanol–water partition coefficient (Wildman–Crippen LogP) is 2.21. The van der Waals surface area contributed by atoms with Crippen molar-refractivity contribution in [3.05, 3.63) is 65.6 Å².